The third-order valence-corrected chi connectivity index (χ3v) is 2.19. The average Bonchev–Trinajstić information content (AvgIpc) is 1.88. The highest BCUT2D eigenvalue weighted by Crippen LogP contribution is 2.27. The second-order valence-corrected chi connectivity index (χ2v) is 3.25. The molecule has 1 atom stereocenters. The lowest BCUT2D eigenvalue weighted by Gasteiger charge is -2.19. The maximum Gasteiger partial charge on any atom is 0.0615 e. The number of aliphatic hydroxyl groups is 1. The SMILES string of the molecule is C[C@@H]1CCC/C(=C/CO)C1. The molecule has 1 nitrogen and oxygen atoms in total. The average molecular weight is 140 g/mol. The number of rotatable bonds is 1. The Balaban J connectivity index is 2.39. The first-order valence-corrected chi connectivity index (χ1v) is 4.11. The van der Waals surface area contributed by atoms with Crippen LogP contribution in [0, 0.1) is 5.92 Å². The Kier molecular flexibility index (Phi) is 2.94. The maximum atomic E-state index is 8.63. The summed E-state index contributed by atoms with van der Waals surface area (Å²) in [6.45, 7) is 2.51. The molecule has 10 heavy (non-hydrogen) atoms. The molecule has 0 aromatic carbocycles. The summed E-state index contributed by atoms with van der Waals surface area (Å²) in [4.78, 5) is 0. The lowest BCUT2D eigenvalue weighted by atomic mass is 9.87. The molecule has 0 radical (unpaired) electrons. The van der Waals surface area contributed by atoms with Crippen LogP contribution in [0.1, 0.15) is 32.6 Å². The highest BCUT2D eigenvalue weighted by Gasteiger charge is 2.11. The molecule has 0 aromatic rings. The Morgan fingerprint density at radius 3 is 3.10 bits per heavy atom. The maximum absolute atomic E-state index is 8.63. The van der Waals surface area contributed by atoms with Gasteiger partial charge in [-0.15, -0.1) is 0 Å². The van der Waals surface area contributed by atoms with Crippen molar-refractivity contribution in [2.45, 2.75) is 32.6 Å². The van der Waals surface area contributed by atoms with Gasteiger partial charge in [0.05, 0.1) is 6.61 Å². The van der Waals surface area contributed by atoms with Gasteiger partial charge in [0.1, 0.15) is 0 Å². The minimum Gasteiger partial charge on any atom is -0.392 e. The van der Waals surface area contributed by atoms with E-state index in [0.717, 1.165) is 5.92 Å². The summed E-state index contributed by atoms with van der Waals surface area (Å²) in [5.41, 5.74) is 1.46. The van der Waals surface area contributed by atoms with Crippen LogP contribution in [-0.4, -0.2) is 11.7 Å². The number of allylic oxidation sites excluding steroid dienone is 1. The summed E-state index contributed by atoms with van der Waals surface area (Å²) in [7, 11) is 0. The zero-order valence-corrected chi connectivity index (χ0v) is 6.64. The normalized spacial score (nSPS) is 31.0. The predicted molar refractivity (Wildman–Crippen MR) is 42.8 cm³/mol. The van der Waals surface area contributed by atoms with Gasteiger partial charge in [0, 0.05) is 0 Å². The van der Waals surface area contributed by atoms with Gasteiger partial charge in [-0.2, -0.15) is 0 Å². The van der Waals surface area contributed by atoms with Crippen LogP contribution in [0.15, 0.2) is 11.6 Å². The molecule has 1 aliphatic rings. The minimum atomic E-state index is 0.224. The van der Waals surface area contributed by atoms with Crippen LogP contribution >= 0.6 is 0 Å². The highest BCUT2D eigenvalue weighted by atomic mass is 16.2. The molecular formula is C9H16O. The first-order chi connectivity index (χ1) is 4.83. The summed E-state index contributed by atoms with van der Waals surface area (Å²) in [5, 5.41) is 8.63. The molecule has 0 aromatic heterocycles. The van der Waals surface area contributed by atoms with Crippen LogP contribution in [-0.2, 0) is 0 Å². The molecular weight excluding hydrogens is 124 g/mol. The van der Waals surface area contributed by atoms with Gasteiger partial charge in [-0.25, -0.2) is 0 Å². The van der Waals surface area contributed by atoms with Crippen molar-refractivity contribution in [1.29, 1.82) is 0 Å². The molecule has 0 saturated heterocycles. The fraction of sp³-hybridized carbons (Fsp3) is 0.778. The van der Waals surface area contributed by atoms with Crippen molar-refractivity contribution in [3.63, 3.8) is 0 Å². The van der Waals surface area contributed by atoms with Crippen LogP contribution in [0.5, 0.6) is 0 Å². The van der Waals surface area contributed by atoms with Gasteiger partial charge in [0.2, 0.25) is 0 Å². The Hall–Kier alpha value is -0.300. The fourth-order valence-electron chi connectivity index (χ4n) is 1.64. The summed E-state index contributed by atoms with van der Waals surface area (Å²) < 4.78 is 0. The Morgan fingerprint density at radius 2 is 2.50 bits per heavy atom. The molecule has 1 fully saturated rings. The summed E-state index contributed by atoms with van der Waals surface area (Å²) >= 11 is 0. The molecule has 0 aliphatic heterocycles. The van der Waals surface area contributed by atoms with E-state index in [0.29, 0.717) is 0 Å². The molecule has 0 bridgehead atoms. The van der Waals surface area contributed by atoms with Crippen molar-refractivity contribution < 1.29 is 5.11 Å². The van der Waals surface area contributed by atoms with Gasteiger partial charge in [0.15, 0.2) is 0 Å². The van der Waals surface area contributed by atoms with Crippen molar-refractivity contribution in [1.82, 2.24) is 0 Å². The molecule has 1 aliphatic carbocycles. The van der Waals surface area contributed by atoms with Crippen LogP contribution < -0.4 is 0 Å². The molecule has 1 N–H and O–H groups in total. The summed E-state index contributed by atoms with van der Waals surface area (Å²) in [6.07, 6.45) is 7.07. The Labute approximate surface area is 62.8 Å². The molecule has 1 saturated carbocycles. The largest absolute Gasteiger partial charge is 0.392 e. The van der Waals surface area contributed by atoms with Crippen LogP contribution in [0.2, 0.25) is 0 Å². The molecule has 58 valence electrons. The topological polar surface area (TPSA) is 20.2 Å². The van der Waals surface area contributed by atoms with E-state index in [1.165, 1.54) is 31.3 Å². The summed E-state index contributed by atoms with van der Waals surface area (Å²) in [6, 6.07) is 0. The number of aliphatic hydroxyl groups excluding tert-OH is 1. The van der Waals surface area contributed by atoms with E-state index in [4.69, 9.17) is 5.11 Å². The van der Waals surface area contributed by atoms with E-state index >= 15 is 0 Å². The molecule has 1 rings (SSSR count). The van der Waals surface area contributed by atoms with Crippen molar-refractivity contribution in [2.75, 3.05) is 6.61 Å². The molecule has 1 heteroatoms. The van der Waals surface area contributed by atoms with E-state index in [2.05, 4.69) is 6.92 Å². The van der Waals surface area contributed by atoms with Crippen molar-refractivity contribution in [3.8, 4) is 0 Å². The zero-order chi connectivity index (χ0) is 7.40. The fourth-order valence-corrected chi connectivity index (χ4v) is 1.64. The van der Waals surface area contributed by atoms with Gasteiger partial charge in [-0.3, -0.25) is 0 Å². The lowest BCUT2D eigenvalue weighted by Crippen LogP contribution is -2.04. The second kappa shape index (κ2) is 3.77. The number of hydrogen-bond acceptors (Lipinski definition) is 1. The van der Waals surface area contributed by atoms with E-state index in [1.807, 2.05) is 6.08 Å². The summed E-state index contributed by atoms with van der Waals surface area (Å²) in [5.74, 6) is 0.839. The van der Waals surface area contributed by atoms with Gasteiger partial charge >= 0.3 is 0 Å². The van der Waals surface area contributed by atoms with E-state index in [1.54, 1.807) is 0 Å². The van der Waals surface area contributed by atoms with Gasteiger partial charge < -0.3 is 5.11 Å². The highest BCUT2D eigenvalue weighted by molar-refractivity contribution is 5.05. The predicted octanol–water partition coefficient (Wildman–Crippen LogP) is 2.12. The van der Waals surface area contributed by atoms with Gasteiger partial charge in [-0.1, -0.05) is 25.0 Å². The Bertz CT molecular complexity index is 127. The van der Waals surface area contributed by atoms with Gasteiger partial charge in [-0.05, 0) is 25.2 Å². The van der Waals surface area contributed by atoms with Crippen molar-refractivity contribution >= 4 is 0 Å². The van der Waals surface area contributed by atoms with E-state index in [9.17, 15) is 0 Å². The van der Waals surface area contributed by atoms with Crippen LogP contribution in [0.3, 0.4) is 0 Å². The van der Waals surface area contributed by atoms with E-state index in [-0.39, 0.29) is 6.61 Å². The first kappa shape index (κ1) is 7.80. The standard InChI is InChI=1S/C9H16O/c1-8-3-2-4-9(7-8)5-6-10/h5,8,10H,2-4,6-7H2,1H3/b9-5-/t8-/m1/s1. The van der Waals surface area contributed by atoms with Crippen molar-refractivity contribution in [3.05, 3.63) is 11.6 Å². The quantitative estimate of drug-likeness (QED) is 0.553. The third-order valence-electron chi connectivity index (χ3n) is 2.19. The van der Waals surface area contributed by atoms with Crippen LogP contribution in [0.25, 0.3) is 0 Å². The van der Waals surface area contributed by atoms with Gasteiger partial charge in [0.25, 0.3) is 0 Å². The second-order valence-electron chi connectivity index (χ2n) is 3.25. The third kappa shape index (κ3) is 2.14. The minimum absolute atomic E-state index is 0.224. The smallest absolute Gasteiger partial charge is 0.0615 e. The zero-order valence-electron chi connectivity index (χ0n) is 6.64. The molecule has 0 heterocycles. The van der Waals surface area contributed by atoms with E-state index < -0.39 is 0 Å². The number of hydrogen-bond donors (Lipinski definition) is 1. The van der Waals surface area contributed by atoms with Crippen molar-refractivity contribution in [2.24, 2.45) is 5.92 Å². The first-order valence-electron chi connectivity index (χ1n) is 4.11. The Morgan fingerprint density at radius 1 is 1.70 bits per heavy atom. The lowest BCUT2D eigenvalue weighted by molar-refractivity contribution is 0.338. The molecule has 0 amide bonds. The molecule has 0 unspecified atom stereocenters. The monoisotopic (exact) mass is 140 g/mol. The molecule has 0 spiro atoms. The van der Waals surface area contributed by atoms with Crippen LogP contribution in [0.4, 0.5) is 0 Å².